The topological polar surface area (TPSA) is 41.1 Å². The zero-order chi connectivity index (χ0) is 11.0. The summed E-state index contributed by atoms with van der Waals surface area (Å²) in [5.41, 5.74) is 0.212. The summed E-state index contributed by atoms with van der Waals surface area (Å²) in [7, 11) is 0. The molecule has 1 aliphatic rings. The molecule has 3 nitrogen and oxygen atoms in total. The van der Waals surface area contributed by atoms with E-state index in [1.165, 1.54) is 0 Å². The predicted molar refractivity (Wildman–Crippen MR) is 58.1 cm³/mol. The van der Waals surface area contributed by atoms with Gasteiger partial charge in [-0.05, 0) is 40.5 Å². The van der Waals surface area contributed by atoms with E-state index >= 15 is 0 Å². The number of carbonyl (C=O) groups excluding carboxylic acids is 1. The Kier molecular flexibility index (Phi) is 2.91. The molecule has 1 heterocycles. The zero-order valence-corrected chi connectivity index (χ0v) is 9.90. The average molecular weight is 198 g/mol. The van der Waals surface area contributed by atoms with E-state index in [0.29, 0.717) is 6.04 Å². The van der Waals surface area contributed by atoms with E-state index in [-0.39, 0.29) is 17.0 Å². The van der Waals surface area contributed by atoms with Crippen LogP contribution in [-0.2, 0) is 4.79 Å². The van der Waals surface area contributed by atoms with Crippen molar-refractivity contribution >= 4 is 5.91 Å². The highest BCUT2D eigenvalue weighted by atomic mass is 16.1. The zero-order valence-electron chi connectivity index (χ0n) is 9.90. The molecule has 0 saturated carbocycles. The minimum absolute atomic E-state index is 0.0727. The Bertz CT molecular complexity index is 217. The lowest BCUT2D eigenvalue weighted by molar-refractivity contribution is -0.120. The third-order valence-corrected chi connectivity index (χ3v) is 2.60. The van der Waals surface area contributed by atoms with Crippen molar-refractivity contribution in [1.29, 1.82) is 0 Å². The van der Waals surface area contributed by atoms with Crippen LogP contribution in [0.4, 0.5) is 0 Å². The van der Waals surface area contributed by atoms with Gasteiger partial charge in [-0.3, -0.25) is 4.79 Å². The second-order valence-corrected chi connectivity index (χ2v) is 5.70. The number of nitrogens with one attached hydrogen (secondary N) is 2. The normalized spacial score (nSPS) is 25.8. The van der Waals surface area contributed by atoms with Crippen molar-refractivity contribution in [1.82, 2.24) is 10.6 Å². The van der Waals surface area contributed by atoms with Gasteiger partial charge in [0.2, 0.25) is 5.91 Å². The van der Waals surface area contributed by atoms with Crippen molar-refractivity contribution < 1.29 is 4.79 Å². The lowest BCUT2D eigenvalue weighted by Gasteiger charge is -2.46. The van der Waals surface area contributed by atoms with Crippen LogP contribution in [0.15, 0.2) is 0 Å². The molecule has 0 aromatic rings. The number of rotatable bonds is 1. The van der Waals surface area contributed by atoms with Crippen LogP contribution in [0.25, 0.3) is 0 Å². The van der Waals surface area contributed by atoms with Crippen molar-refractivity contribution in [3.8, 4) is 0 Å². The summed E-state index contributed by atoms with van der Waals surface area (Å²) in [6.07, 6.45) is 1.99. The van der Waals surface area contributed by atoms with Gasteiger partial charge in [-0.1, -0.05) is 0 Å². The van der Waals surface area contributed by atoms with Gasteiger partial charge in [-0.15, -0.1) is 0 Å². The molecule has 0 aromatic heterocycles. The Labute approximate surface area is 86.6 Å². The van der Waals surface area contributed by atoms with Crippen LogP contribution < -0.4 is 10.6 Å². The second kappa shape index (κ2) is 3.54. The summed E-state index contributed by atoms with van der Waals surface area (Å²) in [5.74, 6) is 0.0727. The first-order chi connectivity index (χ1) is 6.20. The predicted octanol–water partition coefficient (Wildman–Crippen LogP) is 1.43. The summed E-state index contributed by atoms with van der Waals surface area (Å²) in [6, 6.07) is 0.304. The Hall–Kier alpha value is -0.570. The Morgan fingerprint density at radius 2 is 1.64 bits per heavy atom. The highest BCUT2D eigenvalue weighted by Gasteiger charge is 2.37. The van der Waals surface area contributed by atoms with E-state index in [4.69, 9.17) is 0 Å². The second-order valence-electron chi connectivity index (χ2n) is 5.70. The van der Waals surface area contributed by atoms with Gasteiger partial charge in [0, 0.05) is 24.0 Å². The van der Waals surface area contributed by atoms with E-state index in [9.17, 15) is 4.79 Å². The van der Waals surface area contributed by atoms with E-state index in [2.05, 4.69) is 38.3 Å². The first-order valence-corrected chi connectivity index (χ1v) is 5.27. The van der Waals surface area contributed by atoms with Crippen LogP contribution in [0.2, 0.25) is 0 Å². The third kappa shape index (κ3) is 3.29. The number of hydrogen-bond donors (Lipinski definition) is 2. The number of amides is 1. The fraction of sp³-hybridized carbons (Fsp3) is 0.909. The molecule has 2 N–H and O–H groups in total. The highest BCUT2D eigenvalue weighted by Crippen LogP contribution is 2.28. The summed E-state index contributed by atoms with van der Waals surface area (Å²) < 4.78 is 0. The lowest BCUT2D eigenvalue weighted by atomic mass is 9.79. The van der Waals surface area contributed by atoms with Gasteiger partial charge in [0.25, 0.3) is 0 Å². The fourth-order valence-electron chi connectivity index (χ4n) is 2.71. The number of carbonyl (C=O) groups is 1. The molecule has 1 saturated heterocycles. The summed E-state index contributed by atoms with van der Waals surface area (Å²) in [6.45, 7) is 10.3. The van der Waals surface area contributed by atoms with Crippen LogP contribution in [0.1, 0.15) is 47.5 Å². The quantitative estimate of drug-likeness (QED) is 0.669. The highest BCUT2D eigenvalue weighted by molar-refractivity contribution is 5.73. The molecule has 0 atom stereocenters. The molecule has 1 fully saturated rings. The van der Waals surface area contributed by atoms with E-state index in [0.717, 1.165) is 12.8 Å². The van der Waals surface area contributed by atoms with E-state index in [1.807, 2.05) is 0 Å². The molecular formula is C11H22N2O. The summed E-state index contributed by atoms with van der Waals surface area (Å²) >= 11 is 0. The largest absolute Gasteiger partial charge is 0.353 e. The number of piperidine rings is 1. The summed E-state index contributed by atoms with van der Waals surface area (Å²) in [4.78, 5) is 11.0. The van der Waals surface area contributed by atoms with E-state index < -0.39 is 0 Å². The van der Waals surface area contributed by atoms with Gasteiger partial charge in [0.1, 0.15) is 0 Å². The van der Waals surface area contributed by atoms with Crippen LogP contribution >= 0.6 is 0 Å². The van der Waals surface area contributed by atoms with Crippen LogP contribution in [0, 0.1) is 0 Å². The molecule has 0 spiro atoms. The van der Waals surface area contributed by atoms with Crippen molar-refractivity contribution in [2.24, 2.45) is 0 Å². The van der Waals surface area contributed by atoms with Gasteiger partial charge in [0.05, 0.1) is 0 Å². The lowest BCUT2D eigenvalue weighted by Crippen LogP contribution is -2.62. The van der Waals surface area contributed by atoms with Gasteiger partial charge >= 0.3 is 0 Å². The molecule has 1 rings (SSSR count). The first kappa shape index (κ1) is 11.5. The maximum Gasteiger partial charge on any atom is 0.217 e. The molecule has 0 aromatic carbocycles. The third-order valence-electron chi connectivity index (χ3n) is 2.60. The minimum Gasteiger partial charge on any atom is -0.353 e. The van der Waals surface area contributed by atoms with E-state index in [1.54, 1.807) is 6.92 Å². The number of hydrogen-bond acceptors (Lipinski definition) is 2. The summed E-state index contributed by atoms with van der Waals surface area (Å²) in [5, 5.41) is 6.60. The molecule has 82 valence electrons. The standard InChI is InChI=1S/C11H22N2O/c1-8(14)12-9-6-10(2,3)13-11(4,5)7-9/h9,13H,6-7H2,1-5H3,(H,12,14). The van der Waals surface area contributed by atoms with Gasteiger partial charge in [0.15, 0.2) is 0 Å². The fourth-order valence-corrected chi connectivity index (χ4v) is 2.71. The molecule has 0 aliphatic carbocycles. The first-order valence-electron chi connectivity index (χ1n) is 5.27. The Morgan fingerprint density at radius 1 is 1.21 bits per heavy atom. The Morgan fingerprint density at radius 3 is 2.00 bits per heavy atom. The maximum atomic E-state index is 11.0. The van der Waals surface area contributed by atoms with Gasteiger partial charge in [-0.2, -0.15) is 0 Å². The molecule has 3 heteroatoms. The van der Waals surface area contributed by atoms with Crippen molar-refractivity contribution in [2.75, 3.05) is 0 Å². The van der Waals surface area contributed by atoms with Gasteiger partial charge in [-0.25, -0.2) is 0 Å². The van der Waals surface area contributed by atoms with Crippen LogP contribution in [0.3, 0.4) is 0 Å². The van der Waals surface area contributed by atoms with Crippen LogP contribution in [-0.4, -0.2) is 23.0 Å². The molecule has 1 amide bonds. The molecule has 0 bridgehead atoms. The molecular weight excluding hydrogens is 176 g/mol. The molecule has 1 aliphatic heterocycles. The molecule has 14 heavy (non-hydrogen) atoms. The monoisotopic (exact) mass is 198 g/mol. The van der Waals surface area contributed by atoms with Crippen LogP contribution in [0.5, 0.6) is 0 Å². The smallest absolute Gasteiger partial charge is 0.217 e. The molecule has 0 unspecified atom stereocenters. The average Bonchev–Trinajstić information content (AvgIpc) is 1.74. The van der Waals surface area contributed by atoms with Gasteiger partial charge < -0.3 is 10.6 Å². The molecule has 0 radical (unpaired) electrons. The van der Waals surface area contributed by atoms with Crippen molar-refractivity contribution in [3.63, 3.8) is 0 Å². The SMILES string of the molecule is CC(=O)NC1CC(C)(C)NC(C)(C)C1. The maximum absolute atomic E-state index is 11.0. The Balaban J connectivity index is 2.66. The van der Waals surface area contributed by atoms with Crippen molar-refractivity contribution in [3.05, 3.63) is 0 Å². The van der Waals surface area contributed by atoms with Crippen molar-refractivity contribution in [2.45, 2.75) is 64.6 Å². The minimum atomic E-state index is 0.0727.